The summed E-state index contributed by atoms with van der Waals surface area (Å²) in [4.78, 5) is 61.4. The Morgan fingerprint density at radius 2 is 1.08 bits per heavy atom. The van der Waals surface area contributed by atoms with Crippen LogP contribution >= 0.6 is 0 Å². The van der Waals surface area contributed by atoms with E-state index in [0.29, 0.717) is 11.1 Å². The maximum atomic E-state index is 13.3. The van der Waals surface area contributed by atoms with E-state index >= 15 is 0 Å². The lowest BCUT2D eigenvalue weighted by Crippen LogP contribution is -2.58. The van der Waals surface area contributed by atoms with Crippen LogP contribution in [0, 0.1) is 0 Å². The van der Waals surface area contributed by atoms with E-state index < -0.39 is 66.8 Å². The molecule has 0 fully saturated rings. The number of hydrogen-bond acceptors (Lipinski definition) is 9. The van der Waals surface area contributed by atoms with Crippen molar-refractivity contribution < 1.29 is 44.4 Å². The molecular formula is C25H31N5O9. The molecule has 14 nitrogen and oxygen atoms in total. The maximum Gasteiger partial charge on any atom is 0.328 e. The summed E-state index contributed by atoms with van der Waals surface area (Å²) in [5.41, 5.74) is 11.8. The van der Waals surface area contributed by atoms with Gasteiger partial charge in [-0.25, -0.2) is 4.79 Å². The van der Waals surface area contributed by atoms with Crippen molar-refractivity contribution in [2.45, 2.75) is 43.4 Å². The Morgan fingerprint density at radius 3 is 1.44 bits per heavy atom. The molecular weight excluding hydrogens is 514 g/mol. The highest BCUT2D eigenvalue weighted by Gasteiger charge is 2.31. The number of phenolic OH excluding ortho intramolecular Hbond substituents is 2. The first-order valence-electron chi connectivity index (χ1n) is 11.7. The van der Waals surface area contributed by atoms with E-state index in [-0.39, 0.29) is 24.3 Å². The molecule has 4 unspecified atom stereocenters. The van der Waals surface area contributed by atoms with Gasteiger partial charge in [-0.2, -0.15) is 0 Å². The number of aliphatic hydroxyl groups is 1. The number of aromatic hydroxyl groups is 2. The van der Waals surface area contributed by atoms with Crippen LogP contribution in [0.3, 0.4) is 0 Å². The average Bonchev–Trinajstić information content (AvgIpc) is 2.88. The lowest BCUT2D eigenvalue weighted by Gasteiger charge is -2.25. The van der Waals surface area contributed by atoms with Gasteiger partial charge >= 0.3 is 5.97 Å². The normalized spacial score (nSPS) is 13.8. The maximum absolute atomic E-state index is 13.3. The third kappa shape index (κ3) is 9.94. The van der Waals surface area contributed by atoms with Gasteiger partial charge in [-0.3, -0.25) is 19.2 Å². The molecule has 0 aliphatic carbocycles. The number of nitrogens with two attached hydrogens (primary N) is 2. The van der Waals surface area contributed by atoms with E-state index in [1.165, 1.54) is 48.5 Å². The third-order valence-corrected chi connectivity index (χ3v) is 5.57. The van der Waals surface area contributed by atoms with Crippen molar-refractivity contribution in [3.05, 3.63) is 59.7 Å². The van der Waals surface area contributed by atoms with Crippen molar-refractivity contribution in [2.75, 3.05) is 6.61 Å². The smallest absolute Gasteiger partial charge is 0.328 e. The number of primary amides is 1. The molecule has 0 radical (unpaired) electrons. The molecule has 0 aliphatic heterocycles. The second-order valence-corrected chi connectivity index (χ2v) is 8.72. The fourth-order valence-electron chi connectivity index (χ4n) is 3.47. The SMILES string of the molecule is NC(=O)CC(N)C(=O)NC(Cc1ccc(O)cc1)C(=O)NC(Cc1ccc(O)cc1)C(=O)NC(CO)C(=O)O. The first-order valence-corrected chi connectivity index (χ1v) is 11.7. The zero-order valence-electron chi connectivity index (χ0n) is 20.7. The molecule has 0 spiro atoms. The number of phenols is 2. The van der Waals surface area contributed by atoms with Crippen LogP contribution < -0.4 is 27.4 Å². The number of hydrogen-bond donors (Lipinski definition) is 9. The van der Waals surface area contributed by atoms with Crippen LogP contribution in [0.25, 0.3) is 0 Å². The number of rotatable bonds is 14. The highest BCUT2D eigenvalue weighted by molar-refractivity contribution is 5.95. The van der Waals surface area contributed by atoms with Gasteiger partial charge in [-0.15, -0.1) is 0 Å². The van der Waals surface area contributed by atoms with Gasteiger partial charge in [0.2, 0.25) is 23.6 Å². The van der Waals surface area contributed by atoms with E-state index in [2.05, 4.69) is 16.0 Å². The number of carbonyl (C=O) groups is 5. The first-order chi connectivity index (χ1) is 18.4. The Balaban J connectivity index is 2.32. The van der Waals surface area contributed by atoms with E-state index in [1.54, 1.807) is 0 Å². The van der Waals surface area contributed by atoms with E-state index in [0.717, 1.165) is 0 Å². The van der Waals surface area contributed by atoms with E-state index in [1.807, 2.05) is 0 Å². The minimum Gasteiger partial charge on any atom is -0.508 e. The number of carbonyl (C=O) groups excluding carboxylic acids is 4. The standard InChI is InChI=1S/C25H31N5O9/c26-17(11-21(27)34)22(35)28-18(9-13-1-5-15(32)6-2-13)23(36)29-19(10-14-3-7-16(33)8-4-14)24(37)30-20(12-31)25(38)39/h1-8,17-20,31-33H,9-12,26H2,(H2,27,34)(H,28,35)(H,29,36)(H,30,37)(H,38,39). The summed E-state index contributed by atoms with van der Waals surface area (Å²) < 4.78 is 0. The average molecular weight is 546 g/mol. The van der Waals surface area contributed by atoms with Gasteiger partial charge in [0.05, 0.1) is 19.1 Å². The fourth-order valence-corrected chi connectivity index (χ4v) is 3.47. The number of carboxylic acids is 1. The Labute approximate surface area is 223 Å². The largest absolute Gasteiger partial charge is 0.508 e. The van der Waals surface area contributed by atoms with Crippen LogP contribution in [-0.4, -0.2) is 80.8 Å². The zero-order valence-corrected chi connectivity index (χ0v) is 20.7. The summed E-state index contributed by atoms with van der Waals surface area (Å²) in [6.07, 6.45) is -0.733. The first kappa shape index (κ1) is 30.5. The van der Waals surface area contributed by atoms with Gasteiger partial charge in [0.25, 0.3) is 0 Å². The van der Waals surface area contributed by atoms with Gasteiger partial charge in [0, 0.05) is 12.8 Å². The minimum atomic E-state index is -1.64. The summed E-state index contributed by atoms with van der Waals surface area (Å²) in [5, 5.41) is 44.6. The summed E-state index contributed by atoms with van der Waals surface area (Å²) in [6.45, 7) is -0.905. The second kappa shape index (κ2) is 14.3. The monoisotopic (exact) mass is 545 g/mol. The summed E-state index contributed by atoms with van der Waals surface area (Å²) in [7, 11) is 0. The van der Waals surface area contributed by atoms with Gasteiger partial charge in [0.15, 0.2) is 0 Å². The fraction of sp³-hybridized carbons (Fsp3) is 0.320. The second-order valence-electron chi connectivity index (χ2n) is 8.72. The molecule has 2 aromatic rings. The van der Waals surface area contributed by atoms with Gasteiger partial charge in [-0.1, -0.05) is 24.3 Å². The van der Waals surface area contributed by atoms with Crippen LogP contribution in [0.5, 0.6) is 11.5 Å². The Morgan fingerprint density at radius 1 is 0.692 bits per heavy atom. The van der Waals surface area contributed by atoms with Crippen molar-refractivity contribution in [1.29, 1.82) is 0 Å². The molecule has 2 rings (SSSR count). The number of aliphatic carboxylic acids is 1. The molecule has 2 aromatic carbocycles. The van der Waals surface area contributed by atoms with Gasteiger partial charge in [0.1, 0.15) is 29.6 Å². The molecule has 4 atom stereocenters. The van der Waals surface area contributed by atoms with Gasteiger partial charge < -0.3 is 47.8 Å². The van der Waals surface area contributed by atoms with Crippen LogP contribution in [0.15, 0.2) is 48.5 Å². The van der Waals surface area contributed by atoms with Gasteiger partial charge in [-0.05, 0) is 35.4 Å². The van der Waals surface area contributed by atoms with Crippen LogP contribution in [0.1, 0.15) is 17.5 Å². The lowest BCUT2D eigenvalue weighted by atomic mass is 10.0. The summed E-state index contributed by atoms with van der Waals surface area (Å²) in [6, 6.07) is 5.75. The quantitative estimate of drug-likeness (QED) is 0.122. The number of benzene rings is 2. The Hall–Kier alpha value is -4.69. The number of aliphatic hydroxyl groups excluding tert-OH is 1. The number of nitrogens with one attached hydrogen (secondary N) is 3. The minimum absolute atomic E-state index is 0.0326. The predicted octanol–water partition coefficient (Wildman–Crippen LogP) is -2.38. The lowest BCUT2D eigenvalue weighted by molar-refractivity contribution is -0.143. The molecule has 0 saturated heterocycles. The molecule has 39 heavy (non-hydrogen) atoms. The van der Waals surface area contributed by atoms with Crippen molar-refractivity contribution >= 4 is 29.6 Å². The van der Waals surface area contributed by atoms with Crippen LogP contribution in [0.2, 0.25) is 0 Å². The zero-order chi connectivity index (χ0) is 29.1. The molecule has 0 bridgehead atoms. The molecule has 4 amide bonds. The Kier molecular flexibility index (Phi) is 11.2. The number of amides is 4. The molecule has 0 saturated carbocycles. The molecule has 210 valence electrons. The summed E-state index contributed by atoms with van der Waals surface area (Å²) >= 11 is 0. The van der Waals surface area contributed by atoms with E-state index in [9.17, 15) is 44.4 Å². The Bertz CT molecular complexity index is 1170. The van der Waals surface area contributed by atoms with Crippen molar-refractivity contribution in [3.8, 4) is 11.5 Å². The van der Waals surface area contributed by atoms with Crippen molar-refractivity contribution in [1.82, 2.24) is 16.0 Å². The molecule has 0 heterocycles. The molecule has 0 aromatic heterocycles. The highest BCUT2D eigenvalue weighted by Crippen LogP contribution is 2.14. The van der Waals surface area contributed by atoms with Crippen LogP contribution in [-0.2, 0) is 36.8 Å². The third-order valence-electron chi connectivity index (χ3n) is 5.57. The molecule has 11 N–H and O–H groups in total. The van der Waals surface area contributed by atoms with Crippen molar-refractivity contribution in [2.24, 2.45) is 11.5 Å². The van der Waals surface area contributed by atoms with Crippen molar-refractivity contribution in [3.63, 3.8) is 0 Å². The van der Waals surface area contributed by atoms with E-state index in [4.69, 9.17) is 11.5 Å². The predicted molar refractivity (Wildman–Crippen MR) is 136 cm³/mol. The van der Waals surface area contributed by atoms with Crippen LogP contribution in [0.4, 0.5) is 0 Å². The summed E-state index contributed by atoms with van der Waals surface area (Å²) in [5.74, 6) is -5.05. The molecule has 14 heteroatoms. The number of carboxylic acid groups (broad SMARTS) is 1. The topological polar surface area (TPSA) is 254 Å². The highest BCUT2D eigenvalue weighted by atomic mass is 16.4. The molecule has 0 aliphatic rings.